The Bertz CT molecular complexity index is 328. The van der Waals surface area contributed by atoms with Crippen LogP contribution in [0.5, 0.6) is 0 Å². The molecular weight excluding hydrogens is 154 g/mol. The minimum atomic E-state index is 0.707. The summed E-state index contributed by atoms with van der Waals surface area (Å²) >= 11 is 0. The van der Waals surface area contributed by atoms with Gasteiger partial charge in [0.05, 0.1) is 11.9 Å². The maximum absolute atomic E-state index is 3.85. The molecule has 12 heavy (non-hydrogen) atoms. The van der Waals surface area contributed by atoms with Gasteiger partial charge in [-0.25, -0.2) is 0 Å². The Morgan fingerprint density at radius 2 is 2.42 bits per heavy atom. The summed E-state index contributed by atoms with van der Waals surface area (Å²) in [5, 5.41) is 17.1. The number of hydrogen-bond acceptors (Lipinski definition) is 4. The van der Waals surface area contributed by atoms with E-state index in [1.54, 1.807) is 18.6 Å². The van der Waals surface area contributed by atoms with Gasteiger partial charge < -0.3 is 5.32 Å². The lowest BCUT2D eigenvalue weighted by Crippen LogP contribution is -1.92. The summed E-state index contributed by atoms with van der Waals surface area (Å²) in [5.74, 6) is 0.707. The van der Waals surface area contributed by atoms with Crippen LogP contribution < -0.4 is 5.32 Å². The zero-order valence-corrected chi connectivity index (χ0v) is 6.23. The molecule has 0 saturated heterocycles. The van der Waals surface area contributed by atoms with Crippen LogP contribution in [0.15, 0.2) is 30.7 Å². The van der Waals surface area contributed by atoms with E-state index in [1.807, 2.05) is 12.1 Å². The number of aromatic nitrogens is 4. The van der Waals surface area contributed by atoms with Crippen LogP contribution in [0, 0.1) is 0 Å². The SMILES string of the molecule is c1cnnc(Nc2cn[nH]c2)c1. The molecule has 0 radical (unpaired) electrons. The number of aromatic amines is 1. The van der Waals surface area contributed by atoms with Crippen molar-refractivity contribution in [3.05, 3.63) is 30.7 Å². The van der Waals surface area contributed by atoms with Gasteiger partial charge in [0.25, 0.3) is 0 Å². The van der Waals surface area contributed by atoms with Gasteiger partial charge in [-0.3, -0.25) is 5.10 Å². The first-order valence-corrected chi connectivity index (χ1v) is 3.48. The third kappa shape index (κ3) is 1.39. The Morgan fingerprint density at radius 1 is 1.42 bits per heavy atom. The number of anilines is 2. The van der Waals surface area contributed by atoms with E-state index >= 15 is 0 Å². The van der Waals surface area contributed by atoms with E-state index in [0.29, 0.717) is 5.82 Å². The molecule has 5 nitrogen and oxygen atoms in total. The highest BCUT2D eigenvalue weighted by Crippen LogP contribution is 2.09. The molecule has 60 valence electrons. The van der Waals surface area contributed by atoms with Crippen molar-refractivity contribution in [2.45, 2.75) is 0 Å². The fraction of sp³-hybridized carbons (Fsp3) is 0. The molecule has 0 atom stereocenters. The summed E-state index contributed by atoms with van der Waals surface area (Å²) in [5.41, 5.74) is 0.871. The van der Waals surface area contributed by atoms with Gasteiger partial charge in [0, 0.05) is 12.4 Å². The molecule has 0 aliphatic carbocycles. The average Bonchev–Trinajstić information content (AvgIpc) is 2.59. The van der Waals surface area contributed by atoms with Crippen LogP contribution in [0.4, 0.5) is 11.5 Å². The van der Waals surface area contributed by atoms with Crippen molar-refractivity contribution in [2.24, 2.45) is 0 Å². The predicted molar refractivity (Wildman–Crippen MR) is 43.9 cm³/mol. The largest absolute Gasteiger partial charge is 0.336 e. The number of rotatable bonds is 2. The monoisotopic (exact) mass is 161 g/mol. The standard InChI is InChI=1S/C7H7N5/c1-2-7(12-8-3-1)11-6-4-9-10-5-6/h1-5H,(H,9,10)(H,11,12). The number of nitrogens with one attached hydrogen (secondary N) is 2. The lowest BCUT2D eigenvalue weighted by Gasteiger charge is -1.98. The minimum absolute atomic E-state index is 0.707. The van der Waals surface area contributed by atoms with E-state index in [4.69, 9.17) is 0 Å². The van der Waals surface area contributed by atoms with Crippen molar-refractivity contribution >= 4 is 11.5 Å². The highest BCUT2D eigenvalue weighted by molar-refractivity contribution is 5.52. The predicted octanol–water partition coefficient (Wildman–Crippen LogP) is 0.943. The highest BCUT2D eigenvalue weighted by atomic mass is 15.2. The number of hydrogen-bond donors (Lipinski definition) is 2. The van der Waals surface area contributed by atoms with Gasteiger partial charge in [0.2, 0.25) is 0 Å². The molecule has 2 rings (SSSR count). The Kier molecular flexibility index (Phi) is 1.69. The van der Waals surface area contributed by atoms with Crippen LogP contribution in [0.2, 0.25) is 0 Å². The van der Waals surface area contributed by atoms with Gasteiger partial charge in [0.1, 0.15) is 0 Å². The van der Waals surface area contributed by atoms with E-state index in [-0.39, 0.29) is 0 Å². The quantitative estimate of drug-likeness (QED) is 0.688. The van der Waals surface area contributed by atoms with E-state index in [2.05, 4.69) is 25.7 Å². The molecule has 0 unspecified atom stereocenters. The fourth-order valence-electron chi connectivity index (χ4n) is 0.835. The first-order chi connectivity index (χ1) is 5.95. The molecule has 0 saturated carbocycles. The van der Waals surface area contributed by atoms with E-state index < -0.39 is 0 Å². The van der Waals surface area contributed by atoms with Crippen molar-refractivity contribution < 1.29 is 0 Å². The van der Waals surface area contributed by atoms with Crippen LogP contribution >= 0.6 is 0 Å². The summed E-state index contributed by atoms with van der Waals surface area (Å²) < 4.78 is 0. The molecule has 0 aliphatic rings. The summed E-state index contributed by atoms with van der Waals surface area (Å²) in [4.78, 5) is 0. The first kappa shape index (κ1) is 6.78. The second-order valence-corrected chi connectivity index (χ2v) is 2.22. The molecule has 0 aromatic carbocycles. The summed E-state index contributed by atoms with van der Waals surface area (Å²) in [7, 11) is 0. The summed E-state index contributed by atoms with van der Waals surface area (Å²) in [6, 6.07) is 3.65. The highest BCUT2D eigenvalue weighted by Gasteiger charge is 1.94. The second kappa shape index (κ2) is 3.00. The van der Waals surface area contributed by atoms with Crippen LogP contribution in [-0.2, 0) is 0 Å². The lowest BCUT2D eigenvalue weighted by atomic mass is 10.5. The molecule has 2 heterocycles. The van der Waals surface area contributed by atoms with E-state index in [9.17, 15) is 0 Å². The van der Waals surface area contributed by atoms with Crippen LogP contribution in [0.25, 0.3) is 0 Å². The van der Waals surface area contributed by atoms with Crippen molar-refractivity contribution in [1.29, 1.82) is 0 Å². The lowest BCUT2D eigenvalue weighted by molar-refractivity contribution is 1.04. The molecule has 0 amide bonds. The van der Waals surface area contributed by atoms with Crippen molar-refractivity contribution in [3.63, 3.8) is 0 Å². The zero-order chi connectivity index (χ0) is 8.23. The molecule has 0 bridgehead atoms. The fourth-order valence-corrected chi connectivity index (χ4v) is 0.835. The zero-order valence-electron chi connectivity index (χ0n) is 6.23. The maximum atomic E-state index is 3.85. The Morgan fingerprint density at radius 3 is 3.08 bits per heavy atom. The molecule has 2 aromatic rings. The van der Waals surface area contributed by atoms with E-state index in [1.165, 1.54) is 0 Å². The Hall–Kier alpha value is -1.91. The molecule has 2 aromatic heterocycles. The van der Waals surface area contributed by atoms with Gasteiger partial charge >= 0.3 is 0 Å². The van der Waals surface area contributed by atoms with Crippen molar-refractivity contribution in [3.8, 4) is 0 Å². The van der Waals surface area contributed by atoms with Crippen LogP contribution in [0.3, 0.4) is 0 Å². The third-order valence-electron chi connectivity index (χ3n) is 1.34. The molecule has 5 heteroatoms. The first-order valence-electron chi connectivity index (χ1n) is 3.48. The van der Waals surface area contributed by atoms with Crippen LogP contribution in [0.1, 0.15) is 0 Å². The maximum Gasteiger partial charge on any atom is 0.153 e. The topological polar surface area (TPSA) is 66.5 Å². The second-order valence-electron chi connectivity index (χ2n) is 2.22. The van der Waals surface area contributed by atoms with Crippen molar-refractivity contribution in [2.75, 3.05) is 5.32 Å². The molecule has 0 aliphatic heterocycles. The van der Waals surface area contributed by atoms with Crippen molar-refractivity contribution in [1.82, 2.24) is 20.4 Å². The van der Waals surface area contributed by atoms with E-state index in [0.717, 1.165) is 5.69 Å². The van der Waals surface area contributed by atoms with Gasteiger partial charge in [-0.2, -0.15) is 10.2 Å². The summed E-state index contributed by atoms with van der Waals surface area (Å²) in [6.45, 7) is 0. The van der Waals surface area contributed by atoms with Gasteiger partial charge in [0.15, 0.2) is 5.82 Å². The van der Waals surface area contributed by atoms with Gasteiger partial charge in [-0.15, -0.1) is 5.10 Å². The Labute approximate surface area is 68.8 Å². The summed E-state index contributed by atoms with van der Waals surface area (Å²) in [6.07, 6.45) is 5.05. The molecule has 0 spiro atoms. The van der Waals surface area contributed by atoms with Crippen LogP contribution in [-0.4, -0.2) is 20.4 Å². The van der Waals surface area contributed by atoms with Gasteiger partial charge in [-0.05, 0) is 12.1 Å². The third-order valence-corrected chi connectivity index (χ3v) is 1.34. The number of nitrogens with zero attached hydrogens (tertiary/aromatic N) is 3. The normalized spacial score (nSPS) is 9.67. The number of H-pyrrole nitrogens is 1. The molecular formula is C7H7N5. The molecule has 0 fully saturated rings. The smallest absolute Gasteiger partial charge is 0.153 e. The van der Waals surface area contributed by atoms with Gasteiger partial charge in [-0.1, -0.05) is 0 Å². The minimum Gasteiger partial charge on any atom is -0.336 e. The Balaban J connectivity index is 2.15. The molecule has 2 N–H and O–H groups in total. The average molecular weight is 161 g/mol.